The van der Waals surface area contributed by atoms with E-state index in [1.807, 2.05) is 17.5 Å². The third-order valence-electron chi connectivity index (χ3n) is 3.63. The second-order valence-electron chi connectivity index (χ2n) is 5.02. The molecular formula is C13H19N5O. The number of hydrogen-bond donors (Lipinski definition) is 1. The van der Waals surface area contributed by atoms with Crippen LogP contribution in [0, 0.1) is 12.8 Å². The van der Waals surface area contributed by atoms with E-state index in [1.165, 1.54) is 12.8 Å². The second kappa shape index (κ2) is 5.52. The molecular weight excluding hydrogens is 242 g/mol. The van der Waals surface area contributed by atoms with Crippen LogP contribution in [0.1, 0.15) is 25.1 Å². The Morgan fingerprint density at radius 3 is 3.26 bits per heavy atom. The van der Waals surface area contributed by atoms with Gasteiger partial charge in [-0.25, -0.2) is 4.98 Å². The molecule has 1 atom stereocenters. The molecule has 1 aliphatic rings. The number of ether oxygens (including phenoxy) is 1. The SMILES string of the molecule is Cc1nnc2c(OCCC3CCCNC3)nccn12. The van der Waals surface area contributed by atoms with E-state index in [4.69, 9.17) is 4.74 Å². The summed E-state index contributed by atoms with van der Waals surface area (Å²) in [6.45, 7) is 4.85. The van der Waals surface area contributed by atoms with Crippen LogP contribution in [0.15, 0.2) is 12.4 Å². The fourth-order valence-electron chi connectivity index (χ4n) is 2.51. The third kappa shape index (κ3) is 2.68. The van der Waals surface area contributed by atoms with Crippen LogP contribution < -0.4 is 10.1 Å². The molecule has 1 saturated heterocycles. The van der Waals surface area contributed by atoms with Crippen LogP contribution in [-0.2, 0) is 0 Å². The largest absolute Gasteiger partial charge is 0.475 e. The van der Waals surface area contributed by atoms with E-state index in [9.17, 15) is 0 Å². The van der Waals surface area contributed by atoms with Gasteiger partial charge in [-0.15, -0.1) is 10.2 Å². The molecule has 3 heterocycles. The van der Waals surface area contributed by atoms with Gasteiger partial charge >= 0.3 is 0 Å². The predicted molar refractivity (Wildman–Crippen MR) is 71.2 cm³/mol. The van der Waals surface area contributed by atoms with Crippen molar-refractivity contribution in [3.05, 3.63) is 18.2 Å². The van der Waals surface area contributed by atoms with Crippen molar-refractivity contribution < 1.29 is 4.74 Å². The number of nitrogens with one attached hydrogen (secondary N) is 1. The zero-order valence-electron chi connectivity index (χ0n) is 11.2. The number of nitrogens with zero attached hydrogens (tertiary/aromatic N) is 4. The topological polar surface area (TPSA) is 64.3 Å². The number of rotatable bonds is 4. The molecule has 2 aromatic rings. The van der Waals surface area contributed by atoms with Gasteiger partial charge in [0.25, 0.3) is 5.88 Å². The lowest BCUT2D eigenvalue weighted by molar-refractivity contribution is 0.248. The molecule has 1 unspecified atom stereocenters. The molecule has 0 amide bonds. The van der Waals surface area contributed by atoms with Gasteiger partial charge in [0.2, 0.25) is 5.65 Å². The maximum Gasteiger partial charge on any atom is 0.260 e. The normalized spacial score (nSPS) is 19.7. The summed E-state index contributed by atoms with van der Waals surface area (Å²) in [6, 6.07) is 0. The van der Waals surface area contributed by atoms with E-state index < -0.39 is 0 Å². The van der Waals surface area contributed by atoms with Crippen molar-refractivity contribution in [2.75, 3.05) is 19.7 Å². The molecule has 3 rings (SSSR count). The smallest absolute Gasteiger partial charge is 0.260 e. The molecule has 1 N–H and O–H groups in total. The van der Waals surface area contributed by atoms with Gasteiger partial charge in [0.15, 0.2) is 0 Å². The summed E-state index contributed by atoms with van der Waals surface area (Å²) in [5.41, 5.74) is 0.696. The van der Waals surface area contributed by atoms with Crippen LogP contribution in [0.3, 0.4) is 0 Å². The summed E-state index contributed by atoms with van der Waals surface area (Å²) in [5.74, 6) is 2.14. The van der Waals surface area contributed by atoms with Gasteiger partial charge in [0.1, 0.15) is 5.82 Å². The molecule has 1 aliphatic heterocycles. The Balaban J connectivity index is 1.62. The molecule has 6 nitrogen and oxygen atoms in total. The quantitative estimate of drug-likeness (QED) is 0.896. The molecule has 19 heavy (non-hydrogen) atoms. The summed E-state index contributed by atoms with van der Waals surface area (Å²) in [6.07, 6.45) is 7.19. The Bertz CT molecular complexity index is 547. The molecule has 1 fully saturated rings. The number of piperidine rings is 1. The fraction of sp³-hybridized carbons (Fsp3) is 0.615. The monoisotopic (exact) mass is 261 g/mol. The standard InChI is InChI=1S/C13H19N5O/c1-10-16-17-12-13(15-6-7-18(10)12)19-8-4-11-3-2-5-14-9-11/h6-7,11,14H,2-5,8-9H2,1H3. The highest BCUT2D eigenvalue weighted by Gasteiger charge is 2.14. The lowest BCUT2D eigenvalue weighted by atomic mass is 9.97. The first-order valence-corrected chi connectivity index (χ1v) is 6.84. The van der Waals surface area contributed by atoms with Crippen molar-refractivity contribution in [1.29, 1.82) is 0 Å². The van der Waals surface area contributed by atoms with E-state index in [-0.39, 0.29) is 0 Å². The number of aryl methyl sites for hydroxylation is 1. The van der Waals surface area contributed by atoms with Crippen molar-refractivity contribution in [1.82, 2.24) is 24.9 Å². The van der Waals surface area contributed by atoms with E-state index in [2.05, 4.69) is 20.5 Å². The van der Waals surface area contributed by atoms with Crippen molar-refractivity contribution in [3.8, 4) is 5.88 Å². The minimum absolute atomic E-state index is 0.576. The summed E-state index contributed by atoms with van der Waals surface area (Å²) >= 11 is 0. The Morgan fingerprint density at radius 2 is 2.42 bits per heavy atom. The highest BCUT2D eigenvalue weighted by Crippen LogP contribution is 2.17. The number of fused-ring (bicyclic) bond motifs is 1. The lowest BCUT2D eigenvalue weighted by Crippen LogP contribution is -2.30. The summed E-state index contributed by atoms with van der Waals surface area (Å²) in [7, 11) is 0. The van der Waals surface area contributed by atoms with Gasteiger partial charge in [-0.1, -0.05) is 0 Å². The minimum atomic E-state index is 0.576. The van der Waals surface area contributed by atoms with Crippen molar-refractivity contribution in [2.45, 2.75) is 26.2 Å². The molecule has 0 bridgehead atoms. The van der Waals surface area contributed by atoms with Crippen LogP contribution in [0.4, 0.5) is 0 Å². The first-order chi connectivity index (χ1) is 9.34. The van der Waals surface area contributed by atoms with E-state index in [1.54, 1.807) is 6.20 Å². The Morgan fingerprint density at radius 1 is 1.47 bits per heavy atom. The van der Waals surface area contributed by atoms with Crippen LogP contribution in [0.25, 0.3) is 5.65 Å². The van der Waals surface area contributed by atoms with Crippen molar-refractivity contribution >= 4 is 5.65 Å². The van der Waals surface area contributed by atoms with E-state index in [0.717, 1.165) is 25.3 Å². The van der Waals surface area contributed by atoms with Gasteiger partial charge in [0.05, 0.1) is 6.61 Å². The Kier molecular flexibility index (Phi) is 3.59. The fourth-order valence-corrected chi connectivity index (χ4v) is 2.51. The summed E-state index contributed by atoms with van der Waals surface area (Å²) in [5, 5.41) is 11.6. The molecule has 2 aromatic heterocycles. The molecule has 0 aliphatic carbocycles. The van der Waals surface area contributed by atoms with Crippen LogP contribution in [0.5, 0.6) is 5.88 Å². The van der Waals surface area contributed by atoms with Crippen LogP contribution in [0.2, 0.25) is 0 Å². The van der Waals surface area contributed by atoms with Gasteiger partial charge in [-0.2, -0.15) is 0 Å². The second-order valence-corrected chi connectivity index (χ2v) is 5.02. The summed E-state index contributed by atoms with van der Waals surface area (Å²) < 4.78 is 7.67. The van der Waals surface area contributed by atoms with Crippen LogP contribution in [-0.4, -0.2) is 39.3 Å². The highest BCUT2D eigenvalue weighted by atomic mass is 16.5. The predicted octanol–water partition coefficient (Wildman–Crippen LogP) is 1.20. The van der Waals surface area contributed by atoms with E-state index >= 15 is 0 Å². The average Bonchev–Trinajstić information content (AvgIpc) is 2.83. The minimum Gasteiger partial charge on any atom is -0.475 e. The summed E-state index contributed by atoms with van der Waals surface area (Å²) in [4.78, 5) is 4.24. The molecule has 102 valence electrons. The zero-order valence-corrected chi connectivity index (χ0v) is 11.2. The average molecular weight is 261 g/mol. The zero-order chi connectivity index (χ0) is 13.1. The van der Waals surface area contributed by atoms with Gasteiger partial charge in [-0.3, -0.25) is 4.40 Å². The van der Waals surface area contributed by atoms with Crippen LogP contribution >= 0.6 is 0 Å². The Hall–Kier alpha value is -1.69. The first kappa shape index (κ1) is 12.3. The van der Waals surface area contributed by atoms with Gasteiger partial charge < -0.3 is 10.1 Å². The van der Waals surface area contributed by atoms with E-state index in [0.29, 0.717) is 24.1 Å². The first-order valence-electron chi connectivity index (χ1n) is 6.84. The van der Waals surface area contributed by atoms with Crippen molar-refractivity contribution in [3.63, 3.8) is 0 Å². The molecule has 0 radical (unpaired) electrons. The molecule has 0 spiro atoms. The molecule has 0 aromatic carbocycles. The lowest BCUT2D eigenvalue weighted by Gasteiger charge is -2.22. The third-order valence-corrected chi connectivity index (χ3v) is 3.63. The van der Waals surface area contributed by atoms with Gasteiger partial charge in [-0.05, 0) is 45.2 Å². The Labute approximate surface area is 112 Å². The molecule has 6 heteroatoms. The van der Waals surface area contributed by atoms with Crippen molar-refractivity contribution in [2.24, 2.45) is 5.92 Å². The number of aromatic nitrogens is 4. The maximum atomic E-state index is 5.77. The maximum absolute atomic E-state index is 5.77. The number of hydrogen-bond acceptors (Lipinski definition) is 5. The molecule has 0 saturated carbocycles. The highest BCUT2D eigenvalue weighted by molar-refractivity contribution is 5.48. The van der Waals surface area contributed by atoms with Gasteiger partial charge in [0, 0.05) is 12.4 Å².